The van der Waals surface area contributed by atoms with E-state index in [9.17, 15) is 22.4 Å². The molecule has 10 heteroatoms. The van der Waals surface area contributed by atoms with Crippen molar-refractivity contribution in [2.45, 2.75) is 48.1 Å². The van der Waals surface area contributed by atoms with Crippen LogP contribution in [0, 0.1) is 34.8 Å². The Hall–Kier alpha value is -3.32. The molecule has 5 rings (SSSR count). The molecule has 0 spiro atoms. The number of nitrogens with zero attached hydrogens (tertiary/aromatic N) is 2. The van der Waals surface area contributed by atoms with Crippen LogP contribution in [0.2, 0.25) is 0 Å². The Morgan fingerprint density at radius 3 is 2.51 bits per heavy atom. The molecule has 2 amide bonds. The number of rotatable bonds is 6. The fourth-order valence-corrected chi connectivity index (χ4v) is 6.60. The van der Waals surface area contributed by atoms with Gasteiger partial charge in [-0.05, 0) is 73.4 Å². The number of halogens is 2. The zero-order valence-corrected chi connectivity index (χ0v) is 19.7. The van der Waals surface area contributed by atoms with Gasteiger partial charge in [-0.3, -0.25) is 9.59 Å². The fraction of sp³-hybridized carbons (Fsp3) is 0.400. The molecule has 7 nitrogen and oxygen atoms in total. The number of nitrogens with two attached hydrogens (primary N) is 1. The van der Waals surface area contributed by atoms with Crippen LogP contribution >= 0.6 is 0 Å². The van der Waals surface area contributed by atoms with Crippen molar-refractivity contribution in [3.63, 3.8) is 0 Å². The number of nitriles is 1. The molecule has 35 heavy (non-hydrogen) atoms. The third kappa shape index (κ3) is 3.69. The van der Waals surface area contributed by atoms with Crippen LogP contribution in [0.15, 0.2) is 41.3 Å². The molecule has 0 radical (unpaired) electrons. The second kappa shape index (κ2) is 7.85. The summed E-state index contributed by atoms with van der Waals surface area (Å²) in [4.78, 5) is 27.6. The number of carbonyl (C=O) groups is 2. The SMILES string of the molecule is CS(=O)(=O)c1cccc(C(=O)N2C(C(N)=O)CC3CC32[C@@H](c2cc(F)c(C#N)cc2F)C2CC2)c1. The third-order valence-electron chi connectivity index (χ3n) is 7.62. The van der Waals surface area contributed by atoms with Crippen LogP contribution in [-0.2, 0) is 14.6 Å². The summed E-state index contributed by atoms with van der Waals surface area (Å²) in [6.45, 7) is 0. The molecule has 2 aromatic rings. The van der Waals surface area contributed by atoms with E-state index in [-0.39, 0.29) is 27.9 Å². The quantitative estimate of drug-likeness (QED) is 0.655. The molecule has 0 aromatic heterocycles. The largest absolute Gasteiger partial charge is 0.368 e. The van der Waals surface area contributed by atoms with Gasteiger partial charge in [-0.15, -0.1) is 0 Å². The monoisotopic (exact) mass is 499 g/mol. The van der Waals surface area contributed by atoms with Crippen LogP contribution in [0.1, 0.15) is 53.1 Å². The van der Waals surface area contributed by atoms with Crippen molar-refractivity contribution in [3.05, 3.63) is 64.7 Å². The summed E-state index contributed by atoms with van der Waals surface area (Å²) in [7, 11) is -3.59. The Balaban J connectivity index is 1.63. The second-order valence-electron chi connectivity index (χ2n) is 9.80. The molecule has 2 N–H and O–H groups in total. The first-order chi connectivity index (χ1) is 16.5. The van der Waals surface area contributed by atoms with E-state index in [1.165, 1.54) is 29.2 Å². The number of amides is 2. The van der Waals surface area contributed by atoms with Crippen molar-refractivity contribution in [2.75, 3.05) is 6.26 Å². The van der Waals surface area contributed by atoms with Gasteiger partial charge in [0.15, 0.2) is 9.84 Å². The highest BCUT2D eigenvalue weighted by Gasteiger charge is 2.73. The van der Waals surface area contributed by atoms with Gasteiger partial charge in [0.2, 0.25) is 5.91 Å². The topological polar surface area (TPSA) is 121 Å². The number of hydrogen-bond acceptors (Lipinski definition) is 5. The molecule has 2 aliphatic carbocycles. The summed E-state index contributed by atoms with van der Waals surface area (Å²) < 4.78 is 53.9. The number of primary amides is 1. The van der Waals surface area contributed by atoms with Crippen molar-refractivity contribution in [1.82, 2.24) is 4.90 Å². The number of hydrogen-bond donors (Lipinski definition) is 1. The third-order valence-corrected chi connectivity index (χ3v) is 8.73. The first-order valence-electron chi connectivity index (χ1n) is 11.3. The van der Waals surface area contributed by atoms with E-state index < -0.39 is 56.3 Å². The molecule has 3 aliphatic rings. The maximum atomic E-state index is 15.2. The second-order valence-corrected chi connectivity index (χ2v) is 11.8. The van der Waals surface area contributed by atoms with E-state index in [0.29, 0.717) is 12.8 Å². The number of benzene rings is 2. The number of likely N-dealkylation sites (tertiary alicyclic amines) is 1. The highest BCUT2D eigenvalue weighted by Crippen LogP contribution is 2.69. The minimum atomic E-state index is -3.59. The van der Waals surface area contributed by atoms with Crippen LogP contribution in [0.3, 0.4) is 0 Å². The van der Waals surface area contributed by atoms with Crippen molar-refractivity contribution in [1.29, 1.82) is 5.26 Å². The summed E-state index contributed by atoms with van der Waals surface area (Å²) in [6, 6.07) is 8.14. The molecule has 0 bridgehead atoms. The Kier molecular flexibility index (Phi) is 5.25. The van der Waals surface area contributed by atoms with Gasteiger partial charge in [-0.2, -0.15) is 5.26 Å². The van der Waals surface area contributed by atoms with Crippen LogP contribution in [0.5, 0.6) is 0 Å². The van der Waals surface area contributed by atoms with Crippen LogP contribution < -0.4 is 5.73 Å². The summed E-state index contributed by atoms with van der Waals surface area (Å²) in [5.41, 5.74) is 4.48. The number of piperidine rings is 1. The van der Waals surface area contributed by atoms with Crippen LogP contribution in [0.4, 0.5) is 8.78 Å². The molecule has 1 heterocycles. The lowest BCUT2D eigenvalue weighted by atomic mass is 9.82. The van der Waals surface area contributed by atoms with E-state index >= 15 is 4.39 Å². The molecular weight excluding hydrogens is 476 g/mol. The fourth-order valence-electron chi connectivity index (χ4n) is 5.93. The first kappa shape index (κ1) is 23.4. The van der Waals surface area contributed by atoms with Crippen molar-refractivity contribution in [3.8, 4) is 6.07 Å². The van der Waals surface area contributed by atoms with Gasteiger partial charge in [0.05, 0.1) is 16.0 Å². The molecule has 2 saturated carbocycles. The summed E-state index contributed by atoms with van der Waals surface area (Å²) in [5, 5.41) is 9.08. The number of fused-ring (bicyclic) bond motifs is 1. The van der Waals surface area contributed by atoms with Gasteiger partial charge >= 0.3 is 0 Å². The van der Waals surface area contributed by atoms with Crippen molar-refractivity contribution in [2.24, 2.45) is 17.6 Å². The molecule has 182 valence electrons. The Labute approximate surface area is 201 Å². The summed E-state index contributed by atoms with van der Waals surface area (Å²) in [5.74, 6) is -3.58. The Morgan fingerprint density at radius 2 is 1.91 bits per heavy atom. The number of sulfone groups is 1. The van der Waals surface area contributed by atoms with Crippen molar-refractivity contribution < 1.29 is 26.8 Å². The summed E-state index contributed by atoms with van der Waals surface area (Å²) in [6.07, 6.45) is 3.34. The van der Waals surface area contributed by atoms with Gasteiger partial charge < -0.3 is 10.6 Å². The van der Waals surface area contributed by atoms with Crippen molar-refractivity contribution >= 4 is 21.7 Å². The van der Waals surface area contributed by atoms with E-state index in [1.807, 2.05) is 0 Å². The van der Waals surface area contributed by atoms with E-state index in [2.05, 4.69) is 0 Å². The van der Waals surface area contributed by atoms with Crippen LogP contribution in [-0.4, -0.2) is 43.0 Å². The Bertz CT molecular complexity index is 1420. The zero-order valence-electron chi connectivity index (χ0n) is 18.9. The Morgan fingerprint density at radius 1 is 1.20 bits per heavy atom. The van der Waals surface area contributed by atoms with Gasteiger partial charge in [0, 0.05) is 17.7 Å². The van der Waals surface area contributed by atoms with Gasteiger partial charge in [-0.1, -0.05) is 6.07 Å². The minimum Gasteiger partial charge on any atom is -0.368 e. The molecular formula is C25H23F2N3O4S. The van der Waals surface area contributed by atoms with Gasteiger partial charge in [-0.25, -0.2) is 17.2 Å². The lowest BCUT2D eigenvalue weighted by molar-refractivity contribution is -0.122. The van der Waals surface area contributed by atoms with E-state index in [4.69, 9.17) is 11.0 Å². The van der Waals surface area contributed by atoms with E-state index in [0.717, 1.165) is 31.2 Å². The van der Waals surface area contributed by atoms with Gasteiger partial charge in [0.25, 0.3) is 5.91 Å². The zero-order chi connectivity index (χ0) is 25.3. The lowest BCUT2D eigenvalue weighted by Crippen LogP contribution is -2.53. The standard InChI is InChI=1S/C25H23F2N3O4S/c1-35(33,34)17-4-2-3-14(7-17)24(32)30-21(23(29)31)9-16-11-25(16,30)22(13-5-6-13)18-10-19(26)15(12-28)8-20(18)27/h2-4,7-8,10,13,16,21-22H,5-6,9,11H2,1H3,(H2,29,31)/t16?,21?,22-,25?/m1/s1. The molecule has 1 aliphatic heterocycles. The number of carbonyl (C=O) groups excluding carboxylic acids is 2. The average molecular weight is 500 g/mol. The molecule has 1 saturated heterocycles. The minimum absolute atomic E-state index is 0.0221. The highest BCUT2D eigenvalue weighted by atomic mass is 32.2. The molecule has 2 aromatic carbocycles. The predicted molar refractivity (Wildman–Crippen MR) is 121 cm³/mol. The molecule has 4 atom stereocenters. The average Bonchev–Trinajstić information content (AvgIpc) is 3.73. The van der Waals surface area contributed by atoms with E-state index in [1.54, 1.807) is 6.07 Å². The molecule has 3 fully saturated rings. The maximum absolute atomic E-state index is 15.2. The highest BCUT2D eigenvalue weighted by molar-refractivity contribution is 7.90. The molecule has 3 unspecified atom stereocenters. The maximum Gasteiger partial charge on any atom is 0.255 e. The van der Waals surface area contributed by atoms with Crippen LogP contribution in [0.25, 0.3) is 0 Å². The predicted octanol–water partition coefficient (Wildman–Crippen LogP) is 2.89. The smallest absolute Gasteiger partial charge is 0.255 e. The normalized spacial score (nSPS) is 26.1. The first-order valence-corrected chi connectivity index (χ1v) is 13.2. The lowest BCUT2D eigenvalue weighted by Gasteiger charge is -2.39. The van der Waals surface area contributed by atoms with Gasteiger partial charge in [0.1, 0.15) is 23.7 Å². The summed E-state index contributed by atoms with van der Waals surface area (Å²) >= 11 is 0.